The molecule has 0 saturated carbocycles. The smallest absolute Gasteiger partial charge is 0.270 e. The molecule has 0 radical (unpaired) electrons. The molecule has 7 heteroatoms. The monoisotopic (exact) mass is 305 g/mol. The SMILES string of the molecule is N#C/C(C(=O)Nc1ccc(Cl)cc1)=C(/N)N1CCNCC1. The maximum Gasteiger partial charge on any atom is 0.270 e. The zero-order valence-corrected chi connectivity index (χ0v) is 12.2. The number of nitriles is 1. The van der Waals surface area contributed by atoms with E-state index in [4.69, 9.17) is 17.3 Å². The minimum Gasteiger partial charge on any atom is -0.384 e. The Balaban J connectivity index is 2.14. The molecule has 1 aliphatic heterocycles. The molecule has 4 N–H and O–H groups in total. The van der Waals surface area contributed by atoms with E-state index in [2.05, 4.69) is 10.6 Å². The van der Waals surface area contributed by atoms with Crippen LogP contribution in [0.25, 0.3) is 0 Å². The van der Waals surface area contributed by atoms with E-state index in [1.807, 2.05) is 11.0 Å². The number of anilines is 1. The van der Waals surface area contributed by atoms with E-state index in [1.54, 1.807) is 24.3 Å². The highest BCUT2D eigenvalue weighted by atomic mass is 35.5. The van der Waals surface area contributed by atoms with E-state index >= 15 is 0 Å². The summed E-state index contributed by atoms with van der Waals surface area (Å²) in [7, 11) is 0. The maximum absolute atomic E-state index is 12.2. The van der Waals surface area contributed by atoms with Crippen molar-refractivity contribution < 1.29 is 4.79 Å². The number of hydrogen-bond acceptors (Lipinski definition) is 5. The third-order valence-electron chi connectivity index (χ3n) is 3.15. The van der Waals surface area contributed by atoms with Crippen molar-refractivity contribution in [1.29, 1.82) is 5.26 Å². The summed E-state index contributed by atoms with van der Waals surface area (Å²) in [5, 5.41) is 15.6. The fourth-order valence-electron chi connectivity index (χ4n) is 2.02. The standard InChI is InChI=1S/C14H16ClN5O/c15-10-1-3-11(4-2-10)19-14(21)12(9-16)13(17)20-7-5-18-6-8-20/h1-4,18H,5-8,17H2,(H,19,21)/b13-12+. The lowest BCUT2D eigenvalue weighted by Crippen LogP contribution is -2.45. The van der Waals surface area contributed by atoms with Gasteiger partial charge in [-0.1, -0.05) is 11.6 Å². The van der Waals surface area contributed by atoms with Crippen LogP contribution in [0.2, 0.25) is 5.02 Å². The first-order valence-corrected chi connectivity index (χ1v) is 6.92. The molecular weight excluding hydrogens is 290 g/mol. The quantitative estimate of drug-likeness (QED) is 0.569. The van der Waals surface area contributed by atoms with Crippen molar-refractivity contribution in [1.82, 2.24) is 10.2 Å². The van der Waals surface area contributed by atoms with Crippen molar-refractivity contribution in [2.45, 2.75) is 0 Å². The van der Waals surface area contributed by atoms with Crippen LogP contribution in [0.5, 0.6) is 0 Å². The summed E-state index contributed by atoms with van der Waals surface area (Å²) >= 11 is 5.78. The van der Waals surface area contributed by atoms with Crippen LogP contribution in [0.4, 0.5) is 5.69 Å². The molecule has 110 valence electrons. The highest BCUT2D eigenvalue weighted by Crippen LogP contribution is 2.15. The molecule has 1 saturated heterocycles. The van der Waals surface area contributed by atoms with E-state index in [-0.39, 0.29) is 11.4 Å². The Morgan fingerprint density at radius 2 is 1.95 bits per heavy atom. The van der Waals surface area contributed by atoms with Crippen molar-refractivity contribution >= 4 is 23.2 Å². The highest BCUT2D eigenvalue weighted by Gasteiger charge is 2.19. The normalized spacial score (nSPS) is 15.9. The number of carbonyl (C=O) groups excluding carboxylic acids is 1. The summed E-state index contributed by atoms with van der Waals surface area (Å²) < 4.78 is 0. The van der Waals surface area contributed by atoms with Crippen molar-refractivity contribution in [3.05, 3.63) is 40.7 Å². The summed E-state index contributed by atoms with van der Waals surface area (Å²) in [5.74, 6) is -0.304. The van der Waals surface area contributed by atoms with Crippen LogP contribution in [-0.4, -0.2) is 37.0 Å². The summed E-state index contributed by atoms with van der Waals surface area (Å²) in [6.07, 6.45) is 0. The highest BCUT2D eigenvalue weighted by molar-refractivity contribution is 6.30. The summed E-state index contributed by atoms with van der Waals surface area (Å²) in [5.41, 5.74) is 6.44. The molecule has 1 aromatic rings. The molecule has 0 aliphatic carbocycles. The summed E-state index contributed by atoms with van der Waals surface area (Å²) in [6.45, 7) is 2.90. The number of rotatable bonds is 3. The second kappa shape index (κ2) is 6.97. The van der Waals surface area contributed by atoms with E-state index < -0.39 is 5.91 Å². The number of nitrogens with zero attached hydrogens (tertiary/aromatic N) is 2. The van der Waals surface area contributed by atoms with E-state index in [9.17, 15) is 10.1 Å². The van der Waals surface area contributed by atoms with Crippen molar-refractivity contribution in [3.8, 4) is 6.07 Å². The Bertz CT molecular complexity index is 584. The Kier molecular flexibility index (Phi) is 5.04. The Morgan fingerprint density at radius 3 is 2.52 bits per heavy atom. The minimum absolute atomic E-state index is 0.0770. The first-order chi connectivity index (χ1) is 10.1. The van der Waals surface area contributed by atoms with Crippen LogP contribution >= 0.6 is 11.6 Å². The molecule has 1 aromatic carbocycles. The number of halogens is 1. The average molecular weight is 306 g/mol. The molecule has 0 unspecified atom stereocenters. The zero-order valence-electron chi connectivity index (χ0n) is 11.4. The number of piperazine rings is 1. The fourth-order valence-corrected chi connectivity index (χ4v) is 2.14. The number of amides is 1. The first kappa shape index (κ1) is 15.2. The van der Waals surface area contributed by atoms with Gasteiger partial charge in [0.05, 0.1) is 0 Å². The predicted octanol–water partition coefficient (Wildman–Crippen LogP) is 0.878. The molecule has 0 bridgehead atoms. The molecule has 0 atom stereocenters. The van der Waals surface area contributed by atoms with Crippen molar-refractivity contribution in [2.24, 2.45) is 5.73 Å². The van der Waals surface area contributed by atoms with Gasteiger partial charge in [-0.05, 0) is 24.3 Å². The van der Waals surface area contributed by atoms with Gasteiger partial charge in [-0.3, -0.25) is 4.79 Å². The Hall–Kier alpha value is -2.23. The molecule has 0 aromatic heterocycles. The second-order valence-electron chi connectivity index (χ2n) is 4.57. The largest absolute Gasteiger partial charge is 0.384 e. The van der Waals surface area contributed by atoms with Crippen LogP contribution in [-0.2, 0) is 4.79 Å². The zero-order chi connectivity index (χ0) is 15.2. The van der Waals surface area contributed by atoms with Crippen LogP contribution < -0.4 is 16.4 Å². The third kappa shape index (κ3) is 3.88. The second-order valence-corrected chi connectivity index (χ2v) is 5.01. The van der Waals surface area contributed by atoms with E-state index in [1.165, 1.54) is 0 Å². The average Bonchev–Trinajstić information content (AvgIpc) is 2.51. The number of hydrogen-bond donors (Lipinski definition) is 3. The molecule has 1 aliphatic rings. The minimum atomic E-state index is -0.518. The molecule has 1 amide bonds. The van der Waals surface area contributed by atoms with Crippen LogP contribution in [0.1, 0.15) is 0 Å². The van der Waals surface area contributed by atoms with Gasteiger partial charge >= 0.3 is 0 Å². The number of nitrogens with one attached hydrogen (secondary N) is 2. The molecule has 1 fully saturated rings. The van der Waals surface area contributed by atoms with Gasteiger partial charge in [0.1, 0.15) is 11.9 Å². The number of nitrogens with two attached hydrogens (primary N) is 1. The third-order valence-corrected chi connectivity index (χ3v) is 3.41. The topological polar surface area (TPSA) is 94.2 Å². The van der Waals surface area contributed by atoms with Crippen LogP contribution in [0.3, 0.4) is 0 Å². The van der Waals surface area contributed by atoms with Gasteiger partial charge in [-0.15, -0.1) is 0 Å². The molecule has 2 rings (SSSR count). The summed E-state index contributed by atoms with van der Waals surface area (Å²) in [4.78, 5) is 14.0. The molecule has 21 heavy (non-hydrogen) atoms. The Morgan fingerprint density at radius 1 is 1.33 bits per heavy atom. The lowest BCUT2D eigenvalue weighted by Gasteiger charge is -2.29. The predicted molar refractivity (Wildman–Crippen MR) is 81.4 cm³/mol. The van der Waals surface area contributed by atoms with Gasteiger partial charge < -0.3 is 21.3 Å². The van der Waals surface area contributed by atoms with E-state index in [0.29, 0.717) is 23.8 Å². The van der Waals surface area contributed by atoms with Gasteiger partial charge in [0.15, 0.2) is 5.57 Å². The fraction of sp³-hybridized carbons (Fsp3) is 0.286. The first-order valence-electron chi connectivity index (χ1n) is 6.54. The van der Waals surface area contributed by atoms with Gasteiger partial charge in [-0.2, -0.15) is 5.26 Å². The van der Waals surface area contributed by atoms with Crippen molar-refractivity contribution in [3.63, 3.8) is 0 Å². The lowest BCUT2D eigenvalue weighted by molar-refractivity contribution is -0.112. The molecule has 6 nitrogen and oxygen atoms in total. The van der Waals surface area contributed by atoms with Crippen LogP contribution in [0, 0.1) is 11.3 Å². The molecule has 1 heterocycles. The molecular formula is C14H16ClN5O. The number of benzene rings is 1. The van der Waals surface area contributed by atoms with Gasteiger partial charge in [0, 0.05) is 36.9 Å². The maximum atomic E-state index is 12.2. The van der Waals surface area contributed by atoms with Gasteiger partial charge in [0.25, 0.3) is 5.91 Å². The Labute approximate surface area is 128 Å². The van der Waals surface area contributed by atoms with E-state index in [0.717, 1.165) is 13.1 Å². The van der Waals surface area contributed by atoms with Crippen molar-refractivity contribution in [2.75, 3.05) is 31.5 Å². The lowest BCUT2D eigenvalue weighted by atomic mass is 10.2. The number of carbonyl (C=O) groups is 1. The van der Waals surface area contributed by atoms with Crippen LogP contribution in [0.15, 0.2) is 35.7 Å². The molecule has 0 spiro atoms. The van der Waals surface area contributed by atoms with Gasteiger partial charge in [0.2, 0.25) is 0 Å². The van der Waals surface area contributed by atoms with Gasteiger partial charge in [-0.25, -0.2) is 0 Å². The summed E-state index contributed by atoms with van der Waals surface area (Å²) in [6, 6.07) is 8.53.